The molecule has 3 rings (SSSR count). The van der Waals surface area contributed by atoms with Crippen LogP contribution in [0.4, 0.5) is 11.4 Å². The van der Waals surface area contributed by atoms with Crippen LogP contribution in [0.15, 0.2) is 63.1 Å². The number of nitrogens with zero attached hydrogens (tertiary/aromatic N) is 1. The second-order valence-corrected chi connectivity index (χ2v) is 10.1. The number of hydrogen-bond donors (Lipinski definition) is 3. The Morgan fingerprint density at radius 3 is 2.22 bits per heavy atom. The summed E-state index contributed by atoms with van der Waals surface area (Å²) in [5.74, 6) is 0.420. The van der Waals surface area contributed by atoms with E-state index in [4.69, 9.17) is 9.88 Å². The van der Waals surface area contributed by atoms with Gasteiger partial charge in [-0.15, -0.1) is 11.3 Å². The molecule has 2 amide bonds. The van der Waals surface area contributed by atoms with Gasteiger partial charge in [-0.05, 0) is 48.5 Å². The van der Waals surface area contributed by atoms with Crippen LogP contribution in [-0.4, -0.2) is 38.1 Å². The van der Waals surface area contributed by atoms with Crippen LogP contribution in [0.3, 0.4) is 0 Å². The predicted molar refractivity (Wildman–Crippen MR) is 125 cm³/mol. The van der Waals surface area contributed by atoms with Gasteiger partial charge in [0, 0.05) is 16.8 Å². The number of aromatic nitrogens is 1. The normalized spacial score (nSPS) is 11.1. The van der Waals surface area contributed by atoms with E-state index >= 15 is 0 Å². The highest BCUT2D eigenvalue weighted by Crippen LogP contribution is 2.24. The fraction of sp³-hybridized carbons (Fsp3) is 0.150. The Morgan fingerprint density at radius 2 is 1.62 bits per heavy atom. The molecule has 4 N–H and O–H groups in total. The van der Waals surface area contributed by atoms with Crippen LogP contribution < -0.4 is 20.5 Å². The monoisotopic (exact) mass is 492 g/mol. The van der Waals surface area contributed by atoms with Crippen molar-refractivity contribution in [2.24, 2.45) is 5.14 Å². The summed E-state index contributed by atoms with van der Waals surface area (Å²) in [6.07, 6.45) is 0.0477. The highest BCUT2D eigenvalue weighted by atomic mass is 32.2. The van der Waals surface area contributed by atoms with Crippen LogP contribution in [0.1, 0.15) is 5.69 Å². The SMILES string of the molecule is COc1ccc(NC(=O)CSc2nc(CC(=O)Nc3ccc(S(N)(=O)=O)cc3)cs2)cc1. The van der Waals surface area contributed by atoms with Gasteiger partial charge in [-0.2, -0.15) is 0 Å². The smallest absolute Gasteiger partial charge is 0.238 e. The summed E-state index contributed by atoms with van der Waals surface area (Å²) in [5.41, 5.74) is 1.69. The Balaban J connectivity index is 1.46. The summed E-state index contributed by atoms with van der Waals surface area (Å²) >= 11 is 2.63. The van der Waals surface area contributed by atoms with Crippen molar-refractivity contribution in [3.05, 3.63) is 59.6 Å². The number of carbonyl (C=O) groups excluding carboxylic acids is 2. The number of thiazole rings is 1. The van der Waals surface area contributed by atoms with Crippen molar-refractivity contribution in [2.75, 3.05) is 23.5 Å². The minimum Gasteiger partial charge on any atom is -0.497 e. The third kappa shape index (κ3) is 7.05. The maximum absolute atomic E-state index is 12.2. The van der Waals surface area contributed by atoms with E-state index in [1.165, 1.54) is 47.4 Å². The summed E-state index contributed by atoms with van der Waals surface area (Å²) in [4.78, 5) is 28.7. The average molecular weight is 493 g/mol. The van der Waals surface area contributed by atoms with Gasteiger partial charge in [0.2, 0.25) is 21.8 Å². The Morgan fingerprint density at radius 1 is 1.03 bits per heavy atom. The number of nitrogens with two attached hydrogens (primary N) is 1. The van der Waals surface area contributed by atoms with Crippen molar-refractivity contribution in [3.63, 3.8) is 0 Å². The molecule has 9 nitrogen and oxygen atoms in total. The van der Waals surface area contributed by atoms with Gasteiger partial charge in [0.1, 0.15) is 5.75 Å². The maximum Gasteiger partial charge on any atom is 0.238 e. The number of benzene rings is 2. The molecule has 32 heavy (non-hydrogen) atoms. The highest BCUT2D eigenvalue weighted by Gasteiger charge is 2.12. The zero-order valence-electron chi connectivity index (χ0n) is 16.9. The molecule has 3 aromatic rings. The molecule has 1 aromatic heterocycles. The third-order valence-corrected chi connectivity index (χ3v) is 7.04. The summed E-state index contributed by atoms with van der Waals surface area (Å²) in [7, 11) is -2.21. The Bertz CT molecular complexity index is 1190. The lowest BCUT2D eigenvalue weighted by Gasteiger charge is -2.05. The minimum absolute atomic E-state index is 0.0345. The van der Waals surface area contributed by atoms with Gasteiger partial charge < -0.3 is 15.4 Å². The maximum atomic E-state index is 12.2. The standard InChI is InChI=1S/C20H20N4O5S3/c1-29-16-6-2-13(3-7-16)23-19(26)12-31-20-24-15(11-30-20)10-18(25)22-14-4-8-17(9-5-14)32(21,27)28/h2-9,11H,10,12H2,1H3,(H,22,25)(H,23,26)(H2,21,27,28). The van der Waals surface area contributed by atoms with Crippen LogP contribution in [0.25, 0.3) is 0 Å². The van der Waals surface area contributed by atoms with Gasteiger partial charge in [-0.25, -0.2) is 18.5 Å². The number of thioether (sulfide) groups is 1. The van der Waals surface area contributed by atoms with Gasteiger partial charge in [-0.1, -0.05) is 11.8 Å². The highest BCUT2D eigenvalue weighted by molar-refractivity contribution is 8.01. The van der Waals surface area contributed by atoms with Crippen molar-refractivity contribution >= 4 is 56.3 Å². The Hall–Kier alpha value is -2.93. The molecule has 0 bridgehead atoms. The van der Waals surface area contributed by atoms with Crippen LogP contribution >= 0.6 is 23.1 Å². The first-order valence-electron chi connectivity index (χ1n) is 9.17. The molecule has 0 saturated carbocycles. The lowest BCUT2D eigenvalue weighted by atomic mass is 10.3. The van der Waals surface area contributed by atoms with Gasteiger partial charge in [0.15, 0.2) is 4.34 Å². The first-order valence-corrected chi connectivity index (χ1v) is 12.6. The number of hydrogen-bond acceptors (Lipinski definition) is 8. The third-order valence-electron chi connectivity index (χ3n) is 4.04. The fourth-order valence-electron chi connectivity index (χ4n) is 2.53. The number of amides is 2. The molecule has 0 saturated heterocycles. The first-order chi connectivity index (χ1) is 15.2. The summed E-state index contributed by atoms with van der Waals surface area (Å²) in [6.45, 7) is 0. The molecule has 0 atom stereocenters. The molecule has 1 heterocycles. The molecule has 2 aromatic carbocycles. The van der Waals surface area contributed by atoms with E-state index in [1.54, 1.807) is 36.8 Å². The number of rotatable bonds is 9. The zero-order valence-corrected chi connectivity index (χ0v) is 19.4. The van der Waals surface area contributed by atoms with Gasteiger partial charge in [0.05, 0.1) is 29.9 Å². The van der Waals surface area contributed by atoms with E-state index in [0.29, 0.717) is 27.2 Å². The molecule has 168 valence electrons. The lowest BCUT2D eigenvalue weighted by Crippen LogP contribution is -2.15. The van der Waals surface area contributed by atoms with Gasteiger partial charge >= 0.3 is 0 Å². The van der Waals surface area contributed by atoms with Crippen molar-refractivity contribution in [1.29, 1.82) is 0 Å². The molecule has 0 fully saturated rings. The van der Waals surface area contributed by atoms with Gasteiger partial charge in [0.25, 0.3) is 0 Å². The molecule has 0 unspecified atom stereocenters. The fourth-order valence-corrected chi connectivity index (χ4v) is 4.69. The van der Waals surface area contributed by atoms with Crippen LogP contribution in [-0.2, 0) is 26.0 Å². The van der Waals surface area contributed by atoms with Crippen LogP contribution in [0.2, 0.25) is 0 Å². The lowest BCUT2D eigenvalue weighted by molar-refractivity contribution is -0.116. The molecule has 0 aliphatic rings. The van der Waals surface area contributed by atoms with Crippen LogP contribution in [0, 0.1) is 0 Å². The van der Waals surface area contributed by atoms with Crippen molar-refractivity contribution in [1.82, 2.24) is 4.98 Å². The summed E-state index contributed by atoms with van der Waals surface area (Å²) in [5, 5.41) is 12.3. The zero-order chi connectivity index (χ0) is 23.1. The molecule has 0 aliphatic carbocycles. The quantitative estimate of drug-likeness (QED) is 0.390. The largest absolute Gasteiger partial charge is 0.497 e. The first kappa shape index (κ1) is 23.7. The Labute approximate surface area is 193 Å². The number of carbonyl (C=O) groups is 2. The van der Waals surface area contributed by atoms with E-state index in [2.05, 4.69) is 15.6 Å². The number of anilines is 2. The van der Waals surface area contributed by atoms with E-state index < -0.39 is 10.0 Å². The van der Waals surface area contributed by atoms with E-state index in [-0.39, 0.29) is 28.9 Å². The second-order valence-electron chi connectivity index (χ2n) is 6.46. The van der Waals surface area contributed by atoms with E-state index in [9.17, 15) is 18.0 Å². The van der Waals surface area contributed by atoms with Crippen molar-refractivity contribution < 1.29 is 22.7 Å². The predicted octanol–water partition coefficient (Wildman–Crippen LogP) is 2.71. The Kier molecular flexibility index (Phi) is 7.85. The summed E-state index contributed by atoms with van der Waals surface area (Å²) in [6, 6.07) is 12.6. The van der Waals surface area contributed by atoms with Gasteiger partial charge in [-0.3, -0.25) is 9.59 Å². The number of nitrogens with one attached hydrogen (secondary N) is 2. The topological polar surface area (TPSA) is 140 Å². The van der Waals surface area contributed by atoms with Crippen molar-refractivity contribution in [2.45, 2.75) is 15.7 Å². The molecule has 0 spiro atoms. The molecular formula is C20H20N4O5S3. The van der Waals surface area contributed by atoms with Crippen LogP contribution in [0.5, 0.6) is 5.75 Å². The number of ether oxygens (including phenoxy) is 1. The average Bonchev–Trinajstić information content (AvgIpc) is 3.19. The molecular weight excluding hydrogens is 472 g/mol. The second kappa shape index (κ2) is 10.6. The molecule has 12 heteroatoms. The number of sulfonamides is 1. The summed E-state index contributed by atoms with van der Waals surface area (Å²) < 4.78 is 28.3. The number of methoxy groups -OCH3 is 1. The number of primary sulfonamides is 1. The van der Waals surface area contributed by atoms with Crippen molar-refractivity contribution in [3.8, 4) is 5.75 Å². The molecule has 0 radical (unpaired) electrons. The molecule has 0 aliphatic heterocycles. The van der Waals surface area contributed by atoms with E-state index in [0.717, 1.165) is 0 Å². The minimum atomic E-state index is -3.78. The van der Waals surface area contributed by atoms with E-state index in [1.807, 2.05) is 0 Å².